The van der Waals surface area contributed by atoms with Crippen LogP contribution in [0.5, 0.6) is 0 Å². The average Bonchev–Trinajstić information content (AvgIpc) is 3.11. The summed E-state index contributed by atoms with van der Waals surface area (Å²) in [5.74, 6) is 0. The van der Waals surface area contributed by atoms with Crippen LogP contribution in [0.15, 0.2) is 18.2 Å². The minimum absolute atomic E-state index is 0.285. The summed E-state index contributed by atoms with van der Waals surface area (Å²) in [5, 5.41) is 12.8. The van der Waals surface area contributed by atoms with E-state index in [0.29, 0.717) is 12.1 Å². The molecular formula is C28H42N2O. The lowest BCUT2D eigenvalue weighted by Gasteiger charge is -2.42. The highest BCUT2D eigenvalue weighted by molar-refractivity contribution is 5.86. The largest absolute Gasteiger partial charge is 0.390 e. The van der Waals surface area contributed by atoms with Gasteiger partial charge in [-0.05, 0) is 76.0 Å². The molecule has 31 heavy (non-hydrogen) atoms. The fourth-order valence-electron chi connectivity index (χ4n) is 6.89. The number of aliphatic hydroxyl groups excluding tert-OH is 1. The first-order valence-electron chi connectivity index (χ1n) is 13.2. The fraction of sp³-hybridized carbons (Fsp3) is 0.714. The first-order chi connectivity index (χ1) is 15.2. The SMILES string of the molecule is Cc1ccc2c(c1)c1c(n2C[C@@H](O)CN(C2CCCCC2)C2CCCCC2)CCCC1. The molecule has 1 N–H and O–H groups in total. The number of aryl methyl sites for hydroxylation is 2. The Hall–Kier alpha value is -1.32. The standard InChI is InChI=1S/C28H42N2O/c1-21-16-17-28-26(18-21)25-14-8-9-15-27(25)30(28)20-24(31)19-29(22-10-4-2-5-11-22)23-12-6-3-7-13-23/h16-18,22-24,31H,2-15,19-20H2,1H3/t24-/m0/s1. The second-order valence-corrected chi connectivity index (χ2v) is 10.7. The third-order valence-electron chi connectivity index (χ3n) is 8.43. The highest BCUT2D eigenvalue weighted by Crippen LogP contribution is 2.34. The summed E-state index contributed by atoms with van der Waals surface area (Å²) in [6.07, 6.45) is 18.3. The molecule has 0 bridgehead atoms. The molecule has 1 aromatic carbocycles. The van der Waals surface area contributed by atoms with Crippen molar-refractivity contribution in [2.24, 2.45) is 0 Å². The van der Waals surface area contributed by atoms with Crippen LogP contribution in [0.3, 0.4) is 0 Å². The Labute approximate surface area is 188 Å². The maximum Gasteiger partial charge on any atom is 0.0846 e. The van der Waals surface area contributed by atoms with Crippen molar-refractivity contribution in [2.45, 2.75) is 122 Å². The van der Waals surface area contributed by atoms with Crippen LogP contribution in [0.2, 0.25) is 0 Å². The van der Waals surface area contributed by atoms with E-state index in [1.807, 2.05) is 0 Å². The van der Waals surface area contributed by atoms with E-state index in [-0.39, 0.29) is 6.10 Å². The molecule has 3 heteroatoms. The van der Waals surface area contributed by atoms with Gasteiger partial charge in [0.25, 0.3) is 0 Å². The number of hydrogen-bond donors (Lipinski definition) is 1. The van der Waals surface area contributed by atoms with Gasteiger partial charge in [-0.15, -0.1) is 0 Å². The molecule has 0 saturated heterocycles. The maximum absolute atomic E-state index is 11.4. The minimum atomic E-state index is -0.285. The van der Waals surface area contributed by atoms with Gasteiger partial charge in [-0.1, -0.05) is 50.2 Å². The Morgan fingerprint density at radius 2 is 1.55 bits per heavy atom. The summed E-state index contributed by atoms with van der Waals surface area (Å²) in [6.45, 7) is 3.81. The van der Waals surface area contributed by atoms with Crippen LogP contribution in [0.25, 0.3) is 10.9 Å². The smallest absolute Gasteiger partial charge is 0.0846 e. The van der Waals surface area contributed by atoms with E-state index in [1.54, 1.807) is 5.56 Å². The molecule has 0 amide bonds. The molecule has 1 aromatic heterocycles. The lowest BCUT2D eigenvalue weighted by molar-refractivity contribution is 0.0235. The molecule has 0 aliphatic heterocycles. The molecule has 2 fully saturated rings. The molecule has 1 atom stereocenters. The molecule has 170 valence electrons. The Morgan fingerprint density at radius 1 is 0.903 bits per heavy atom. The molecule has 2 saturated carbocycles. The molecule has 0 unspecified atom stereocenters. The molecular weight excluding hydrogens is 380 g/mol. The lowest BCUT2D eigenvalue weighted by Crippen LogP contribution is -2.49. The number of aromatic nitrogens is 1. The molecule has 5 rings (SSSR count). The van der Waals surface area contributed by atoms with Gasteiger partial charge in [-0.3, -0.25) is 4.90 Å². The van der Waals surface area contributed by atoms with Crippen molar-refractivity contribution in [3.63, 3.8) is 0 Å². The number of hydrogen-bond acceptors (Lipinski definition) is 2. The summed E-state index contributed by atoms with van der Waals surface area (Å²) < 4.78 is 2.49. The molecule has 3 aliphatic rings. The zero-order valence-corrected chi connectivity index (χ0v) is 19.6. The van der Waals surface area contributed by atoms with E-state index < -0.39 is 0 Å². The molecule has 0 radical (unpaired) electrons. The molecule has 3 aliphatic carbocycles. The van der Waals surface area contributed by atoms with Crippen molar-refractivity contribution in [3.8, 4) is 0 Å². The molecule has 1 heterocycles. The van der Waals surface area contributed by atoms with Gasteiger partial charge in [-0.25, -0.2) is 0 Å². The third kappa shape index (κ3) is 4.59. The third-order valence-corrected chi connectivity index (χ3v) is 8.43. The number of nitrogens with zero attached hydrogens (tertiary/aromatic N) is 2. The summed E-state index contributed by atoms with van der Waals surface area (Å²) >= 11 is 0. The monoisotopic (exact) mass is 422 g/mol. The topological polar surface area (TPSA) is 28.4 Å². The van der Waals surface area contributed by atoms with Gasteiger partial charge < -0.3 is 9.67 Å². The van der Waals surface area contributed by atoms with Crippen molar-refractivity contribution in [2.75, 3.05) is 6.54 Å². The minimum Gasteiger partial charge on any atom is -0.390 e. The lowest BCUT2D eigenvalue weighted by atomic mass is 9.88. The average molecular weight is 423 g/mol. The zero-order chi connectivity index (χ0) is 21.2. The zero-order valence-electron chi connectivity index (χ0n) is 19.6. The van der Waals surface area contributed by atoms with Crippen LogP contribution in [-0.4, -0.2) is 39.3 Å². The Kier molecular flexibility index (Phi) is 6.71. The number of aliphatic hydroxyl groups is 1. The second kappa shape index (κ2) is 9.67. The van der Waals surface area contributed by atoms with Gasteiger partial charge in [0.05, 0.1) is 12.6 Å². The number of benzene rings is 1. The normalized spacial score (nSPS) is 22.2. The Morgan fingerprint density at radius 3 is 2.23 bits per heavy atom. The van der Waals surface area contributed by atoms with Crippen molar-refractivity contribution in [1.29, 1.82) is 0 Å². The van der Waals surface area contributed by atoms with Gasteiger partial charge in [0.15, 0.2) is 0 Å². The van der Waals surface area contributed by atoms with E-state index >= 15 is 0 Å². The van der Waals surface area contributed by atoms with E-state index in [4.69, 9.17) is 0 Å². The van der Waals surface area contributed by atoms with Gasteiger partial charge in [0.1, 0.15) is 0 Å². The van der Waals surface area contributed by atoms with Crippen LogP contribution in [0.4, 0.5) is 0 Å². The summed E-state index contributed by atoms with van der Waals surface area (Å²) in [5.41, 5.74) is 5.76. The van der Waals surface area contributed by atoms with Crippen molar-refractivity contribution in [1.82, 2.24) is 9.47 Å². The van der Waals surface area contributed by atoms with Crippen molar-refractivity contribution < 1.29 is 5.11 Å². The van der Waals surface area contributed by atoms with Crippen molar-refractivity contribution in [3.05, 3.63) is 35.0 Å². The highest BCUT2D eigenvalue weighted by atomic mass is 16.3. The Balaban J connectivity index is 1.38. The first-order valence-corrected chi connectivity index (χ1v) is 13.2. The van der Waals surface area contributed by atoms with E-state index in [9.17, 15) is 5.11 Å². The van der Waals surface area contributed by atoms with Gasteiger partial charge in [-0.2, -0.15) is 0 Å². The fourth-order valence-corrected chi connectivity index (χ4v) is 6.89. The van der Waals surface area contributed by atoms with E-state index in [1.165, 1.54) is 112 Å². The Bertz CT molecular complexity index is 855. The van der Waals surface area contributed by atoms with E-state index in [0.717, 1.165) is 13.1 Å². The predicted molar refractivity (Wildman–Crippen MR) is 130 cm³/mol. The van der Waals surface area contributed by atoms with Crippen LogP contribution >= 0.6 is 0 Å². The number of rotatable bonds is 6. The summed E-state index contributed by atoms with van der Waals surface area (Å²) in [7, 11) is 0. The summed E-state index contributed by atoms with van der Waals surface area (Å²) in [6, 6.07) is 8.32. The van der Waals surface area contributed by atoms with Crippen LogP contribution in [-0.2, 0) is 19.4 Å². The highest BCUT2D eigenvalue weighted by Gasteiger charge is 2.31. The van der Waals surface area contributed by atoms with E-state index in [2.05, 4.69) is 34.6 Å². The van der Waals surface area contributed by atoms with Gasteiger partial charge in [0, 0.05) is 35.2 Å². The van der Waals surface area contributed by atoms with Gasteiger partial charge >= 0.3 is 0 Å². The summed E-state index contributed by atoms with van der Waals surface area (Å²) in [4.78, 5) is 2.77. The maximum atomic E-state index is 11.4. The van der Waals surface area contributed by atoms with Gasteiger partial charge in [0.2, 0.25) is 0 Å². The van der Waals surface area contributed by atoms with Crippen LogP contribution in [0.1, 0.15) is 93.9 Å². The molecule has 0 spiro atoms. The molecule has 2 aromatic rings. The van der Waals surface area contributed by atoms with Crippen LogP contribution < -0.4 is 0 Å². The predicted octanol–water partition coefficient (Wildman–Crippen LogP) is 6.16. The van der Waals surface area contributed by atoms with Crippen LogP contribution in [0, 0.1) is 6.92 Å². The quantitative estimate of drug-likeness (QED) is 0.604. The second-order valence-electron chi connectivity index (χ2n) is 10.7. The first kappa shape index (κ1) is 21.5. The van der Waals surface area contributed by atoms with Crippen molar-refractivity contribution >= 4 is 10.9 Å². The molecule has 3 nitrogen and oxygen atoms in total. The number of fused-ring (bicyclic) bond motifs is 3.